The third-order valence-electron chi connectivity index (χ3n) is 3.91. The van der Waals surface area contributed by atoms with Crippen LogP contribution in [0.1, 0.15) is 18.3 Å². The van der Waals surface area contributed by atoms with Crippen LogP contribution in [0.4, 0.5) is 5.95 Å². The van der Waals surface area contributed by atoms with E-state index in [1.54, 1.807) is 0 Å². The molecule has 2 aromatic rings. The van der Waals surface area contributed by atoms with Crippen molar-refractivity contribution in [3.8, 4) is 16.8 Å². The van der Waals surface area contributed by atoms with E-state index >= 15 is 0 Å². The summed E-state index contributed by atoms with van der Waals surface area (Å²) in [5.74, 6) is 6.00. The summed E-state index contributed by atoms with van der Waals surface area (Å²) in [4.78, 5) is 20.0. The van der Waals surface area contributed by atoms with Crippen LogP contribution in [0.5, 0.6) is 0 Å². The average molecular weight is 321 g/mol. The van der Waals surface area contributed by atoms with Gasteiger partial charge in [-0.3, -0.25) is 5.43 Å². The molecule has 6 nitrogen and oxygen atoms in total. The second-order valence-electron chi connectivity index (χ2n) is 5.44. The maximum Gasteiger partial charge on any atom is 0.356 e. The van der Waals surface area contributed by atoms with Gasteiger partial charge in [0.15, 0.2) is 0 Å². The lowest BCUT2D eigenvalue weighted by Crippen LogP contribution is -2.29. The highest BCUT2D eigenvalue weighted by Crippen LogP contribution is 2.29. The Labute approximate surface area is 140 Å². The molecule has 0 atom stereocenters. The summed E-state index contributed by atoms with van der Waals surface area (Å²) in [5, 5.41) is 0. The van der Waals surface area contributed by atoms with Gasteiger partial charge in [0.1, 0.15) is 5.82 Å². The molecule has 0 saturated heterocycles. The van der Waals surface area contributed by atoms with Gasteiger partial charge in [0, 0.05) is 6.42 Å². The number of fused-ring (bicyclic) bond motifs is 1. The molecule has 0 unspecified atom stereocenters. The van der Waals surface area contributed by atoms with Crippen molar-refractivity contribution in [2.24, 2.45) is 5.84 Å². The minimum atomic E-state index is -0.385. The van der Waals surface area contributed by atoms with E-state index < -0.39 is 0 Å². The van der Waals surface area contributed by atoms with E-state index in [4.69, 9.17) is 5.84 Å². The molecule has 0 radical (unpaired) electrons. The number of nitrogen functional groups attached to an aromatic ring is 1. The van der Waals surface area contributed by atoms with E-state index in [1.165, 1.54) is 15.7 Å². The summed E-state index contributed by atoms with van der Waals surface area (Å²) >= 11 is 0. The Morgan fingerprint density at radius 1 is 1.04 bits per heavy atom. The fraction of sp³-hybridized carbons (Fsp3) is 0.167. The fourth-order valence-electron chi connectivity index (χ4n) is 2.47. The van der Waals surface area contributed by atoms with Gasteiger partial charge in [-0.05, 0) is 29.7 Å². The highest BCUT2D eigenvalue weighted by Gasteiger charge is 2.11. The number of hydrazine groups is 1. The summed E-state index contributed by atoms with van der Waals surface area (Å²) in [5.41, 5.74) is 6.55. The molecule has 2 aliphatic carbocycles. The van der Waals surface area contributed by atoms with Gasteiger partial charge >= 0.3 is 5.69 Å². The van der Waals surface area contributed by atoms with Crippen molar-refractivity contribution >= 4 is 5.95 Å². The largest absolute Gasteiger partial charge is 0.356 e. The Kier molecular flexibility index (Phi) is 4.39. The third-order valence-corrected chi connectivity index (χ3v) is 3.91. The minimum Gasteiger partial charge on any atom is -0.292 e. The molecule has 3 N–H and O–H groups in total. The first kappa shape index (κ1) is 15.9. The van der Waals surface area contributed by atoms with Crippen LogP contribution >= 0.6 is 0 Å². The first-order chi connectivity index (χ1) is 11.6. The first-order valence-corrected chi connectivity index (χ1v) is 7.77. The zero-order valence-corrected chi connectivity index (χ0v) is 13.7. The number of hydrogen-bond donors (Lipinski definition) is 2. The number of aryl methyl sites for hydroxylation is 2. The zero-order chi connectivity index (χ0) is 17.1. The Morgan fingerprint density at radius 3 is 2.12 bits per heavy atom. The van der Waals surface area contributed by atoms with E-state index in [1.807, 2.05) is 38.1 Å². The molecule has 6 heteroatoms. The summed E-state index contributed by atoms with van der Waals surface area (Å²) in [6, 6.07) is 16.1. The van der Waals surface area contributed by atoms with Crippen LogP contribution in [0, 0.1) is 6.92 Å². The Hall–Kier alpha value is -2.99. The number of para-hydroxylation sites is 1. The van der Waals surface area contributed by atoms with Gasteiger partial charge in [-0.2, -0.15) is 9.97 Å². The number of aromatic nitrogens is 3. The molecule has 0 spiro atoms. The molecule has 122 valence electrons. The molecule has 0 aliphatic heterocycles. The Bertz CT molecular complexity index is 894. The van der Waals surface area contributed by atoms with Crippen LogP contribution in [-0.4, -0.2) is 14.5 Å². The maximum atomic E-state index is 12.0. The highest BCUT2D eigenvalue weighted by molar-refractivity contribution is 5.75. The van der Waals surface area contributed by atoms with Gasteiger partial charge in [0.2, 0.25) is 5.95 Å². The molecule has 1 heterocycles. The van der Waals surface area contributed by atoms with Crippen LogP contribution in [0.3, 0.4) is 0 Å². The van der Waals surface area contributed by atoms with E-state index in [9.17, 15) is 4.79 Å². The predicted octanol–water partition coefficient (Wildman–Crippen LogP) is 2.45. The van der Waals surface area contributed by atoms with Crippen LogP contribution < -0.4 is 17.0 Å². The lowest BCUT2D eigenvalue weighted by atomic mass is 9.95. The number of rotatable bonds is 3. The highest BCUT2D eigenvalue weighted by atomic mass is 16.1. The van der Waals surface area contributed by atoms with Crippen LogP contribution in [0.15, 0.2) is 53.3 Å². The van der Waals surface area contributed by atoms with Crippen LogP contribution in [0.25, 0.3) is 16.8 Å². The van der Waals surface area contributed by atoms with Crippen molar-refractivity contribution < 1.29 is 0 Å². The predicted molar refractivity (Wildman–Crippen MR) is 95.0 cm³/mol. The van der Waals surface area contributed by atoms with Crippen molar-refractivity contribution in [3.63, 3.8) is 0 Å². The first-order valence-electron chi connectivity index (χ1n) is 7.77. The molecule has 4 rings (SSSR count). The van der Waals surface area contributed by atoms with E-state index in [2.05, 4.69) is 39.7 Å². The van der Waals surface area contributed by atoms with Gasteiger partial charge in [-0.15, -0.1) is 0 Å². The SMILES string of the molecule is CCc1nc(NN)nc(=O)n1-c1ccccc1C.c1cc2ccc1-2. The van der Waals surface area contributed by atoms with E-state index in [-0.39, 0.29) is 11.6 Å². The van der Waals surface area contributed by atoms with Crippen LogP contribution in [0.2, 0.25) is 0 Å². The van der Waals surface area contributed by atoms with Crippen molar-refractivity contribution in [3.05, 3.63) is 70.4 Å². The Balaban J connectivity index is 0.000000231. The third kappa shape index (κ3) is 2.91. The number of hydrogen-bond acceptors (Lipinski definition) is 5. The molecule has 1 aromatic carbocycles. The molecular weight excluding hydrogens is 302 g/mol. The molecule has 24 heavy (non-hydrogen) atoms. The molecule has 0 saturated carbocycles. The van der Waals surface area contributed by atoms with Gasteiger partial charge < -0.3 is 0 Å². The fourth-order valence-corrected chi connectivity index (χ4v) is 2.47. The average Bonchev–Trinajstić information content (AvgIpc) is 2.58. The monoisotopic (exact) mass is 321 g/mol. The minimum absolute atomic E-state index is 0.140. The van der Waals surface area contributed by atoms with Gasteiger partial charge in [-0.25, -0.2) is 15.2 Å². The lowest BCUT2D eigenvalue weighted by Gasteiger charge is -2.13. The second-order valence-corrected chi connectivity index (χ2v) is 5.44. The number of anilines is 1. The van der Waals surface area contributed by atoms with Gasteiger partial charge in [-0.1, -0.05) is 49.4 Å². The second kappa shape index (κ2) is 6.64. The van der Waals surface area contributed by atoms with Crippen molar-refractivity contribution in [1.82, 2.24) is 14.5 Å². The van der Waals surface area contributed by atoms with Gasteiger partial charge in [0.05, 0.1) is 5.69 Å². The van der Waals surface area contributed by atoms with Crippen molar-refractivity contribution in [2.45, 2.75) is 20.3 Å². The number of nitrogens with zero attached hydrogens (tertiary/aromatic N) is 3. The van der Waals surface area contributed by atoms with E-state index in [0.717, 1.165) is 11.3 Å². The number of benzene rings is 2. The van der Waals surface area contributed by atoms with Crippen molar-refractivity contribution in [2.75, 3.05) is 5.43 Å². The standard InChI is InChI=1S/C12H15N5O.C6H4/c1-3-10-14-11(16-13)15-12(18)17(10)9-7-5-4-6-8(9)2;1-2-6-4-3-5(1)6/h4-7H,3,13H2,1-2H3,(H,15,16,18);1-4H. The molecule has 0 amide bonds. The van der Waals surface area contributed by atoms with E-state index in [0.29, 0.717) is 12.2 Å². The summed E-state index contributed by atoms with van der Waals surface area (Å²) in [6.07, 6.45) is 0.612. The molecule has 0 fully saturated rings. The molecule has 0 bridgehead atoms. The Morgan fingerprint density at radius 2 is 1.67 bits per heavy atom. The topological polar surface area (TPSA) is 85.8 Å². The molecule has 2 aliphatic rings. The summed E-state index contributed by atoms with van der Waals surface area (Å²) in [7, 11) is 0. The summed E-state index contributed by atoms with van der Waals surface area (Å²) in [6.45, 7) is 3.87. The number of nitrogens with one attached hydrogen (secondary N) is 1. The lowest BCUT2D eigenvalue weighted by molar-refractivity contribution is 0.767. The van der Waals surface area contributed by atoms with Crippen LogP contribution in [-0.2, 0) is 6.42 Å². The molecular formula is C18H19N5O. The zero-order valence-electron chi connectivity index (χ0n) is 13.7. The summed E-state index contributed by atoms with van der Waals surface area (Å²) < 4.78 is 1.51. The smallest absolute Gasteiger partial charge is 0.292 e. The number of nitrogens with two attached hydrogens (primary N) is 1. The normalized spacial score (nSPS) is 10.6. The molecule has 1 aromatic heterocycles. The maximum absolute atomic E-state index is 12.0. The van der Waals surface area contributed by atoms with Crippen molar-refractivity contribution in [1.29, 1.82) is 0 Å². The quantitative estimate of drug-likeness (QED) is 0.447. The van der Waals surface area contributed by atoms with Gasteiger partial charge in [0.25, 0.3) is 0 Å².